The molecule has 3 heterocycles. The lowest BCUT2D eigenvalue weighted by molar-refractivity contribution is 0.740. The predicted octanol–water partition coefficient (Wildman–Crippen LogP) is 5.96. The second-order valence-corrected chi connectivity index (χ2v) is 8.88. The first-order valence-electron chi connectivity index (χ1n) is 11.7. The molecule has 0 unspecified atom stereocenters. The molecule has 0 saturated heterocycles. The van der Waals surface area contributed by atoms with Crippen LogP contribution in [-0.2, 0) is 13.0 Å². The van der Waals surface area contributed by atoms with Crippen molar-refractivity contribution in [2.24, 2.45) is 0 Å². The van der Waals surface area contributed by atoms with Crippen LogP contribution < -0.4 is 0 Å². The Kier molecular flexibility index (Phi) is 5.84. The number of pyridine rings is 1. The molecule has 0 bridgehead atoms. The van der Waals surface area contributed by atoms with Crippen LogP contribution in [0.5, 0.6) is 0 Å². The highest BCUT2D eigenvalue weighted by molar-refractivity contribution is 5.76. The molecular formula is C29H26N6. The van der Waals surface area contributed by atoms with Crippen LogP contribution in [0.15, 0.2) is 60.9 Å². The minimum absolute atomic E-state index is 0.538. The Labute approximate surface area is 205 Å². The summed E-state index contributed by atoms with van der Waals surface area (Å²) in [6.07, 6.45) is 4.47. The highest BCUT2D eigenvalue weighted by atomic mass is 15.1. The largest absolute Gasteiger partial charge is 0.308 e. The molecule has 35 heavy (non-hydrogen) atoms. The molecule has 0 spiro atoms. The molecule has 0 aliphatic rings. The van der Waals surface area contributed by atoms with Crippen LogP contribution in [0, 0.1) is 32.1 Å². The zero-order chi connectivity index (χ0) is 24.5. The molecule has 0 radical (unpaired) electrons. The summed E-state index contributed by atoms with van der Waals surface area (Å²) < 4.78 is 2.15. The Morgan fingerprint density at radius 3 is 2.40 bits per heavy atom. The minimum atomic E-state index is 0.538. The van der Waals surface area contributed by atoms with E-state index in [1.54, 1.807) is 0 Å². The number of rotatable bonds is 5. The second kappa shape index (κ2) is 9.11. The number of benzene rings is 2. The summed E-state index contributed by atoms with van der Waals surface area (Å²) in [4.78, 5) is 18.9. The monoisotopic (exact) mass is 458 g/mol. The van der Waals surface area contributed by atoms with E-state index in [0.717, 1.165) is 56.9 Å². The van der Waals surface area contributed by atoms with Gasteiger partial charge in [-0.05, 0) is 55.7 Å². The summed E-state index contributed by atoms with van der Waals surface area (Å²) in [6, 6.07) is 18.5. The number of imidazole rings is 1. The third-order valence-electron chi connectivity index (χ3n) is 6.20. The number of nitriles is 1. The second-order valence-electron chi connectivity index (χ2n) is 8.88. The molecule has 5 aromatic rings. The Bertz CT molecular complexity index is 1590. The van der Waals surface area contributed by atoms with E-state index in [9.17, 15) is 5.26 Å². The van der Waals surface area contributed by atoms with Gasteiger partial charge >= 0.3 is 0 Å². The van der Waals surface area contributed by atoms with Crippen LogP contribution in [0.4, 0.5) is 0 Å². The van der Waals surface area contributed by atoms with Crippen molar-refractivity contribution in [2.45, 2.75) is 40.7 Å². The first-order chi connectivity index (χ1) is 17.0. The standard InChI is InChI=1S/C29H26N6/c1-5-26-34-27-19(3)12-20(4)33-29(27)35(26)17-21-15-31-28(32-16-21)25-13-23(9-10-24(25)14-30)22-8-6-7-18(2)11-22/h6-13,15-16H,5,17H2,1-4H3. The van der Waals surface area contributed by atoms with Crippen molar-refractivity contribution in [2.75, 3.05) is 0 Å². The molecule has 0 fully saturated rings. The van der Waals surface area contributed by atoms with Gasteiger partial charge in [0.05, 0.1) is 18.2 Å². The highest BCUT2D eigenvalue weighted by Crippen LogP contribution is 2.28. The SMILES string of the molecule is CCc1nc2c(C)cc(C)nc2n1Cc1cnc(-c2cc(-c3cccc(C)c3)ccc2C#N)nc1. The van der Waals surface area contributed by atoms with Gasteiger partial charge in [-0.3, -0.25) is 0 Å². The van der Waals surface area contributed by atoms with E-state index in [4.69, 9.17) is 9.97 Å². The maximum atomic E-state index is 9.69. The van der Waals surface area contributed by atoms with Crippen LogP contribution >= 0.6 is 0 Å². The van der Waals surface area contributed by atoms with Crippen molar-refractivity contribution in [3.05, 3.63) is 94.7 Å². The van der Waals surface area contributed by atoms with Crippen molar-refractivity contribution in [3.8, 4) is 28.6 Å². The lowest BCUT2D eigenvalue weighted by Gasteiger charge is -2.10. The number of aryl methyl sites for hydroxylation is 4. The Hall–Kier alpha value is -4.37. The third-order valence-corrected chi connectivity index (χ3v) is 6.20. The maximum absolute atomic E-state index is 9.69. The Balaban J connectivity index is 1.51. The average Bonchev–Trinajstić information content (AvgIpc) is 3.21. The number of fused-ring (bicyclic) bond motifs is 1. The maximum Gasteiger partial charge on any atom is 0.160 e. The van der Waals surface area contributed by atoms with Gasteiger partial charge < -0.3 is 4.57 Å². The van der Waals surface area contributed by atoms with Gasteiger partial charge in [0.15, 0.2) is 11.5 Å². The van der Waals surface area contributed by atoms with Gasteiger partial charge in [0, 0.05) is 35.6 Å². The molecule has 3 aromatic heterocycles. The van der Waals surface area contributed by atoms with Crippen LogP contribution in [-0.4, -0.2) is 24.5 Å². The van der Waals surface area contributed by atoms with Crippen molar-refractivity contribution in [1.82, 2.24) is 24.5 Å². The molecule has 6 nitrogen and oxygen atoms in total. The highest BCUT2D eigenvalue weighted by Gasteiger charge is 2.15. The number of hydrogen-bond acceptors (Lipinski definition) is 5. The molecule has 2 aromatic carbocycles. The van der Waals surface area contributed by atoms with E-state index >= 15 is 0 Å². The van der Waals surface area contributed by atoms with E-state index in [0.29, 0.717) is 17.9 Å². The van der Waals surface area contributed by atoms with Gasteiger partial charge in [0.2, 0.25) is 0 Å². The molecule has 172 valence electrons. The Morgan fingerprint density at radius 2 is 1.69 bits per heavy atom. The molecule has 6 heteroatoms. The lowest BCUT2D eigenvalue weighted by Crippen LogP contribution is -2.07. The van der Waals surface area contributed by atoms with E-state index in [1.807, 2.05) is 43.6 Å². The fraction of sp³-hybridized carbons (Fsp3) is 0.207. The summed E-state index contributed by atoms with van der Waals surface area (Å²) >= 11 is 0. The van der Waals surface area contributed by atoms with Crippen molar-refractivity contribution in [3.63, 3.8) is 0 Å². The zero-order valence-corrected chi connectivity index (χ0v) is 20.4. The minimum Gasteiger partial charge on any atom is -0.308 e. The van der Waals surface area contributed by atoms with Crippen molar-refractivity contribution in [1.29, 1.82) is 5.26 Å². The third kappa shape index (κ3) is 4.29. The number of aromatic nitrogens is 5. The van der Waals surface area contributed by atoms with Gasteiger partial charge in [-0.15, -0.1) is 0 Å². The molecule has 0 saturated carbocycles. The van der Waals surface area contributed by atoms with Crippen molar-refractivity contribution >= 4 is 11.2 Å². The normalized spacial score (nSPS) is 11.1. The summed E-state index contributed by atoms with van der Waals surface area (Å²) in [5, 5.41) is 9.69. The van der Waals surface area contributed by atoms with E-state index in [-0.39, 0.29) is 0 Å². The first kappa shape index (κ1) is 22.4. The number of nitrogens with zero attached hydrogens (tertiary/aromatic N) is 6. The molecule has 0 N–H and O–H groups in total. The fourth-order valence-electron chi connectivity index (χ4n) is 4.47. The Morgan fingerprint density at radius 1 is 0.914 bits per heavy atom. The first-order valence-corrected chi connectivity index (χ1v) is 11.7. The molecular weight excluding hydrogens is 432 g/mol. The fourth-order valence-corrected chi connectivity index (χ4v) is 4.47. The molecule has 0 atom stereocenters. The van der Waals surface area contributed by atoms with E-state index < -0.39 is 0 Å². The average molecular weight is 459 g/mol. The summed E-state index contributed by atoms with van der Waals surface area (Å²) in [7, 11) is 0. The zero-order valence-electron chi connectivity index (χ0n) is 20.4. The van der Waals surface area contributed by atoms with Crippen LogP contribution in [0.2, 0.25) is 0 Å². The summed E-state index contributed by atoms with van der Waals surface area (Å²) in [5.74, 6) is 1.53. The number of hydrogen-bond donors (Lipinski definition) is 0. The molecule has 0 amide bonds. The quantitative estimate of drug-likeness (QED) is 0.324. The summed E-state index contributed by atoms with van der Waals surface area (Å²) in [5.41, 5.74) is 9.50. The topological polar surface area (TPSA) is 80.3 Å². The smallest absolute Gasteiger partial charge is 0.160 e. The van der Waals surface area contributed by atoms with Crippen LogP contribution in [0.1, 0.15) is 40.7 Å². The van der Waals surface area contributed by atoms with Gasteiger partial charge in [-0.1, -0.05) is 42.8 Å². The van der Waals surface area contributed by atoms with E-state index in [1.165, 1.54) is 5.56 Å². The predicted molar refractivity (Wildman–Crippen MR) is 138 cm³/mol. The van der Waals surface area contributed by atoms with E-state index in [2.05, 4.69) is 65.6 Å². The molecule has 0 aliphatic heterocycles. The van der Waals surface area contributed by atoms with Crippen LogP contribution in [0.3, 0.4) is 0 Å². The molecule has 5 rings (SSSR count). The summed E-state index contributed by atoms with van der Waals surface area (Å²) in [6.45, 7) is 8.84. The molecule has 0 aliphatic carbocycles. The van der Waals surface area contributed by atoms with Gasteiger partial charge in [-0.2, -0.15) is 5.26 Å². The van der Waals surface area contributed by atoms with Gasteiger partial charge in [0.1, 0.15) is 11.3 Å². The van der Waals surface area contributed by atoms with Crippen LogP contribution in [0.25, 0.3) is 33.7 Å². The van der Waals surface area contributed by atoms with Gasteiger partial charge in [-0.25, -0.2) is 19.9 Å². The van der Waals surface area contributed by atoms with Gasteiger partial charge in [0.25, 0.3) is 0 Å². The lowest BCUT2D eigenvalue weighted by atomic mass is 9.98. The van der Waals surface area contributed by atoms with Crippen molar-refractivity contribution < 1.29 is 0 Å².